The lowest BCUT2D eigenvalue weighted by Gasteiger charge is -2.10. The molecule has 24 heavy (non-hydrogen) atoms. The van der Waals surface area contributed by atoms with E-state index in [9.17, 15) is 14.9 Å². The van der Waals surface area contributed by atoms with E-state index in [0.29, 0.717) is 36.5 Å². The van der Waals surface area contributed by atoms with Gasteiger partial charge in [-0.3, -0.25) is 14.9 Å². The van der Waals surface area contributed by atoms with E-state index in [0.717, 1.165) is 0 Å². The monoisotopic (exact) mass is 329 g/mol. The highest BCUT2D eigenvalue weighted by molar-refractivity contribution is 5.92. The van der Waals surface area contributed by atoms with E-state index in [2.05, 4.69) is 10.6 Å². The van der Waals surface area contributed by atoms with Crippen LogP contribution in [0.2, 0.25) is 0 Å². The van der Waals surface area contributed by atoms with E-state index in [1.165, 1.54) is 6.07 Å². The summed E-state index contributed by atoms with van der Waals surface area (Å²) in [6, 6.07) is 13.6. The molecule has 7 heteroatoms. The lowest BCUT2D eigenvalue weighted by molar-refractivity contribution is -0.384. The Morgan fingerprint density at radius 3 is 2.50 bits per heavy atom. The number of hydrogen-bond donors (Lipinski definition) is 2. The number of ether oxygens (including phenoxy) is 1. The number of nitro benzene ring substituents is 1. The average molecular weight is 329 g/mol. The number of para-hydroxylation sites is 4. The lowest BCUT2D eigenvalue weighted by atomic mass is 10.2. The molecule has 7 nitrogen and oxygen atoms in total. The molecule has 0 aliphatic carbocycles. The highest BCUT2D eigenvalue weighted by Gasteiger charge is 2.12. The molecule has 0 atom stereocenters. The van der Waals surface area contributed by atoms with Gasteiger partial charge in [0, 0.05) is 19.0 Å². The number of rotatable bonds is 8. The number of anilines is 2. The Hall–Kier alpha value is -3.09. The SMILES string of the molecule is COc1ccccc1NC(=O)CCCNc1ccccc1[N+](=O)[O-]. The van der Waals surface area contributed by atoms with E-state index in [4.69, 9.17) is 4.74 Å². The minimum absolute atomic E-state index is 0.0240. The Morgan fingerprint density at radius 2 is 1.79 bits per heavy atom. The summed E-state index contributed by atoms with van der Waals surface area (Å²) >= 11 is 0. The summed E-state index contributed by atoms with van der Waals surface area (Å²) in [6.45, 7) is 0.462. The third kappa shape index (κ3) is 4.70. The molecule has 0 aliphatic heterocycles. The van der Waals surface area contributed by atoms with Crippen LogP contribution in [0.4, 0.5) is 17.1 Å². The van der Waals surface area contributed by atoms with Gasteiger partial charge in [-0.2, -0.15) is 0 Å². The summed E-state index contributed by atoms with van der Waals surface area (Å²) in [6.07, 6.45) is 0.846. The van der Waals surface area contributed by atoms with Gasteiger partial charge < -0.3 is 15.4 Å². The molecule has 2 rings (SSSR count). The van der Waals surface area contributed by atoms with Crippen molar-refractivity contribution in [2.75, 3.05) is 24.3 Å². The van der Waals surface area contributed by atoms with Gasteiger partial charge in [0.15, 0.2) is 0 Å². The molecule has 2 aromatic carbocycles. The van der Waals surface area contributed by atoms with Crippen LogP contribution in [-0.4, -0.2) is 24.5 Å². The molecular weight excluding hydrogens is 310 g/mol. The maximum atomic E-state index is 12.0. The van der Waals surface area contributed by atoms with Crippen molar-refractivity contribution in [3.63, 3.8) is 0 Å². The number of carbonyl (C=O) groups is 1. The predicted octanol–water partition coefficient (Wildman–Crippen LogP) is 3.43. The summed E-state index contributed by atoms with van der Waals surface area (Å²) in [5, 5.41) is 16.7. The molecule has 0 aliphatic rings. The van der Waals surface area contributed by atoms with Crippen molar-refractivity contribution in [3.05, 3.63) is 58.6 Å². The Labute approximate surface area is 139 Å². The zero-order valence-electron chi connectivity index (χ0n) is 13.3. The lowest BCUT2D eigenvalue weighted by Crippen LogP contribution is -2.14. The molecule has 0 heterocycles. The smallest absolute Gasteiger partial charge is 0.292 e. The van der Waals surface area contributed by atoms with Crippen molar-refractivity contribution < 1.29 is 14.5 Å². The van der Waals surface area contributed by atoms with Crippen molar-refractivity contribution in [1.82, 2.24) is 0 Å². The Balaban J connectivity index is 1.80. The minimum Gasteiger partial charge on any atom is -0.495 e. The fraction of sp³-hybridized carbons (Fsp3) is 0.235. The van der Waals surface area contributed by atoms with E-state index < -0.39 is 4.92 Å². The van der Waals surface area contributed by atoms with Crippen molar-refractivity contribution in [2.24, 2.45) is 0 Å². The first-order chi connectivity index (χ1) is 11.6. The van der Waals surface area contributed by atoms with Gasteiger partial charge in [0.2, 0.25) is 5.91 Å². The largest absolute Gasteiger partial charge is 0.495 e. The molecule has 0 bridgehead atoms. The summed E-state index contributed by atoms with van der Waals surface area (Å²) in [7, 11) is 1.54. The van der Waals surface area contributed by atoms with Crippen molar-refractivity contribution in [1.29, 1.82) is 0 Å². The topological polar surface area (TPSA) is 93.5 Å². The molecule has 0 saturated heterocycles. The van der Waals surface area contributed by atoms with Crippen LogP contribution in [0.25, 0.3) is 0 Å². The van der Waals surface area contributed by atoms with Crippen LogP contribution < -0.4 is 15.4 Å². The molecule has 0 fully saturated rings. The third-order valence-electron chi connectivity index (χ3n) is 3.38. The number of benzene rings is 2. The molecular formula is C17H19N3O4. The number of nitrogens with one attached hydrogen (secondary N) is 2. The number of amides is 1. The third-order valence-corrected chi connectivity index (χ3v) is 3.38. The normalized spacial score (nSPS) is 10.0. The molecule has 126 valence electrons. The highest BCUT2D eigenvalue weighted by atomic mass is 16.6. The fourth-order valence-corrected chi connectivity index (χ4v) is 2.21. The van der Waals surface area contributed by atoms with Crippen molar-refractivity contribution in [3.8, 4) is 5.75 Å². The molecule has 0 unspecified atom stereocenters. The van der Waals surface area contributed by atoms with Crippen molar-refractivity contribution >= 4 is 23.0 Å². The standard InChI is InChI=1S/C17H19N3O4/c1-24-16-10-5-3-8-14(16)19-17(21)11-6-12-18-13-7-2-4-9-15(13)20(22)23/h2-5,7-10,18H,6,11-12H2,1H3,(H,19,21). The number of carbonyl (C=O) groups excluding carboxylic acids is 1. The molecule has 0 saturated carbocycles. The second kappa shape index (κ2) is 8.52. The minimum atomic E-state index is -0.434. The van der Waals surface area contributed by atoms with Crippen LogP contribution >= 0.6 is 0 Å². The first kappa shape index (κ1) is 17.3. The van der Waals surface area contributed by atoms with E-state index in [1.54, 1.807) is 37.4 Å². The van der Waals surface area contributed by atoms with E-state index >= 15 is 0 Å². The number of methoxy groups -OCH3 is 1. The second-order valence-corrected chi connectivity index (χ2v) is 5.05. The first-order valence-corrected chi connectivity index (χ1v) is 7.52. The second-order valence-electron chi connectivity index (χ2n) is 5.05. The highest BCUT2D eigenvalue weighted by Crippen LogP contribution is 2.24. The molecule has 0 radical (unpaired) electrons. The number of nitro groups is 1. The summed E-state index contributed by atoms with van der Waals surface area (Å²) in [5.74, 6) is 0.466. The first-order valence-electron chi connectivity index (χ1n) is 7.52. The van der Waals surface area contributed by atoms with Crippen LogP contribution in [0.1, 0.15) is 12.8 Å². The van der Waals surface area contributed by atoms with E-state index in [-0.39, 0.29) is 11.6 Å². The quantitative estimate of drug-likeness (QED) is 0.439. The number of hydrogen-bond acceptors (Lipinski definition) is 5. The van der Waals surface area contributed by atoms with Gasteiger partial charge in [-0.15, -0.1) is 0 Å². The van der Waals surface area contributed by atoms with Crippen LogP contribution in [0.15, 0.2) is 48.5 Å². The summed E-state index contributed by atoms with van der Waals surface area (Å²) in [5.41, 5.74) is 1.10. The predicted molar refractivity (Wildman–Crippen MR) is 92.4 cm³/mol. The van der Waals surface area contributed by atoms with Crippen molar-refractivity contribution in [2.45, 2.75) is 12.8 Å². The number of nitrogens with zero attached hydrogens (tertiary/aromatic N) is 1. The Kier molecular flexibility index (Phi) is 6.13. The van der Waals surface area contributed by atoms with Gasteiger partial charge in [0.05, 0.1) is 17.7 Å². The fourth-order valence-electron chi connectivity index (χ4n) is 2.21. The summed E-state index contributed by atoms with van der Waals surface area (Å²) < 4.78 is 5.17. The van der Waals surface area contributed by atoms with Gasteiger partial charge in [-0.25, -0.2) is 0 Å². The van der Waals surface area contributed by atoms with E-state index in [1.807, 2.05) is 12.1 Å². The molecule has 0 spiro atoms. The molecule has 2 N–H and O–H groups in total. The van der Waals surface area contributed by atoms with Gasteiger partial charge in [-0.05, 0) is 24.6 Å². The summed E-state index contributed by atoms with van der Waals surface area (Å²) in [4.78, 5) is 22.4. The molecule has 2 aromatic rings. The van der Waals surface area contributed by atoms with Crippen LogP contribution in [0.3, 0.4) is 0 Å². The maximum absolute atomic E-state index is 12.0. The maximum Gasteiger partial charge on any atom is 0.292 e. The Bertz CT molecular complexity index is 718. The molecule has 0 aromatic heterocycles. The van der Waals surface area contributed by atoms with Gasteiger partial charge in [-0.1, -0.05) is 24.3 Å². The van der Waals surface area contributed by atoms with Gasteiger partial charge in [0.1, 0.15) is 11.4 Å². The Morgan fingerprint density at radius 1 is 1.12 bits per heavy atom. The van der Waals surface area contributed by atoms with Gasteiger partial charge >= 0.3 is 0 Å². The zero-order valence-corrected chi connectivity index (χ0v) is 13.3. The van der Waals surface area contributed by atoms with Gasteiger partial charge in [0.25, 0.3) is 5.69 Å². The van der Waals surface area contributed by atoms with Crippen LogP contribution in [-0.2, 0) is 4.79 Å². The molecule has 1 amide bonds. The average Bonchev–Trinajstić information content (AvgIpc) is 2.59. The van der Waals surface area contributed by atoms with Crippen LogP contribution in [0.5, 0.6) is 5.75 Å². The zero-order chi connectivity index (χ0) is 17.4. The van der Waals surface area contributed by atoms with Crippen LogP contribution in [0, 0.1) is 10.1 Å².